The summed E-state index contributed by atoms with van der Waals surface area (Å²) in [6.07, 6.45) is -3.00. The molecule has 0 radical (unpaired) electrons. The van der Waals surface area contributed by atoms with Crippen LogP contribution in [0.5, 0.6) is 5.75 Å². The van der Waals surface area contributed by atoms with E-state index < -0.39 is 6.36 Å². The number of ether oxygens (including phenoxy) is 1. The molecule has 0 amide bonds. The van der Waals surface area contributed by atoms with Crippen LogP contribution in [0.15, 0.2) is 65.8 Å². The minimum absolute atomic E-state index is 0. The maximum atomic E-state index is 12.5. The van der Waals surface area contributed by atoms with Gasteiger partial charge in [0.15, 0.2) is 5.96 Å². The molecule has 3 rings (SSSR count). The third-order valence-electron chi connectivity index (χ3n) is 4.00. The zero-order valence-electron chi connectivity index (χ0n) is 16.0. The Morgan fingerprint density at radius 1 is 1.03 bits per heavy atom. The summed E-state index contributed by atoms with van der Waals surface area (Å²) in [5.74, 6) is 0.874. The molecule has 0 saturated heterocycles. The highest BCUT2D eigenvalue weighted by Crippen LogP contribution is 2.26. The van der Waals surface area contributed by atoms with Crippen molar-refractivity contribution in [2.75, 3.05) is 7.05 Å². The highest BCUT2D eigenvalue weighted by molar-refractivity contribution is 14.0. The molecule has 2 aromatic carbocycles. The molecular weight excluding hydrogens is 510 g/mol. The normalized spacial score (nSPS) is 11.5. The zero-order valence-corrected chi connectivity index (χ0v) is 18.4. The van der Waals surface area contributed by atoms with Crippen LogP contribution in [0.4, 0.5) is 13.2 Å². The Morgan fingerprint density at radius 2 is 1.70 bits per heavy atom. The fourth-order valence-electron chi connectivity index (χ4n) is 2.66. The van der Waals surface area contributed by atoms with Gasteiger partial charge in [0.25, 0.3) is 0 Å². The molecule has 160 valence electrons. The lowest BCUT2D eigenvalue weighted by molar-refractivity contribution is -0.274. The molecule has 3 N–H and O–H groups in total. The van der Waals surface area contributed by atoms with E-state index in [9.17, 15) is 13.2 Å². The third kappa shape index (κ3) is 6.94. The molecule has 0 unspecified atom stereocenters. The minimum Gasteiger partial charge on any atom is -0.405 e. The van der Waals surface area contributed by atoms with Crippen LogP contribution in [-0.4, -0.2) is 29.3 Å². The molecule has 0 saturated carbocycles. The van der Waals surface area contributed by atoms with E-state index in [1.807, 2.05) is 30.3 Å². The van der Waals surface area contributed by atoms with Gasteiger partial charge in [-0.2, -0.15) is 0 Å². The molecule has 0 fully saturated rings. The van der Waals surface area contributed by atoms with Gasteiger partial charge in [0.05, 0.1) is 18.4 Å². The number of hydrogen-bond acceptors (Lipinski definition) is 3. The van der Waals surface area contributed by atoms with E-state index in [1.54, 1.807) is 25.4 Å². The molecule has 3 aromatic rings. The predicted molar refractivity (Wildman–Crippen MR) is 120 cm³/mol. The molecule has 0 spiro atoms. The largest absolute Gasteiger partial charge is 0.573 e. The number of para-hydroxylation sites is 1. The van der Waals surface area contributed by atoms with Crippen LogP contribution in [-0.2, 0) is 13.1 Å². The molecule has 10 heteroatoms. The highest BCUT2D eigenvalue weighted by Gasteiger charge is 2.31. The Labute approximate surface area is 189 Å². The Morgan fingerprint density at radius 3 is 2.40 bits per heavy atom. The van der Waals surface area contributed by atoms with Gasteiger partial charge in [-0.05, 0) is 11.6 Å². The van der Waals surface area contributed by atoms with E-state index in [0.29, 0.717) is 23.9 Å². The molecule has 6 nitrogen and oxygen atoms in total. The first-order valence-corrected chi connectivity index (χ1v) is 8.82. The van der Waals surface area contributed by atoms with Crippen molar-refractivity contribution in [3.05, 3.63) is 72.2 Å². The van der Waals surface area contributed by atoms with Gasteiger partial charge < -0.3 is 20.4 Å². The Balaban J connectivity index is 0.00000320. The van der Waals surface area contributed by atoms with E-state index in [-0.39, 0.29) is 36.3 Å². The van der Waals surface area contributed by atoms with Crippen molar-refractivity contribution in [2.45, 2.75) is 19.5 Å². The lowest BCUT2D eigenvalue weighted by atomic mass is 10.2. The van der Waals surface area contributed by atoms with Crippen LogP contribution in [0, 0.1) is 0 Å². The van der Waals surface area contributed by atoms with Gasteiger partial charge in [-0.3, -0.25) is 4.99 Å². The van der Waals surface area contributed by atoms with E-state index in [1.165, 1.54) is 12.1 Å². The lowest BCUT2D eigenvalue weighted by Gasteiger charge is -2.15. The first-order chi connectivity index (χ1) is 13.9. The van der Waals surface area contributed by atoms with Crippen LogP contribution >= 0.6 is 24.0 Å². The van der Waals surface area contributed by atoms with Gasteiger partial charge in [0, 0.05) is 19.2 Å². The number of nitrogens with zero attached hydrogens (tertiary/aromatic N) is 2. The van der Waals surface area contributed by atoms with E-state index in [2.05, 4.69) is 30.3 Å². The number of imidazole rings is 1. The second-order valence-electron chi connectivity index (χ2n) is 6.04. The SMILES string of the molecule is CN=C(NCc1ncc(-c2ccccc2)[nH]1)NCc1ccccc1OC(F)(F)F.I. The third-order valence-corrected chi connectivity index (χ3v) is 4.00. The summed E-state index contributed by atoms with van der Waals surface area (Å²) in [5, 5.41) is 6.04. The summed E-state index contributed by atoms with van der Waals surface area (Å²) >= 11 is 0. The lowest BCUT2D eigenvalue weighted by Crippen LogP contribution is -2.36. The number of hydrogen-bond donors (Lipinski definition) is 3. The number of aliphatic imine (C=N–C) groups is 1. The highest BCUT2D eigenvalue weighted by atomic mass is 127. The topological polar surface area (TPSA) is 74.3 Å². The first-order valence-electron chi connectivity index (χ1n) is 8.82. The maximum Gasteiger partial charge on any atom is 0.573 e. The Hall–Kier alpha value is -2.76. The first kappa shape index (κ1) is 23.5. The molecule has 0 aliphatic heterocycles. The zero-order chi connectivity index (χ0) is 20.7. The second kappa shape index (κ2) is 10.9. The van der Waals surface area contributed by atoms with Crippen molar-refractivity contribution in [3.63, 3.8) is 0 Å². The van der Waals surface area contributed by atoms with Gasteiger partial charge in [0.1, 0.15) is 11.6 Å². The van der Waals surface area contributed by atoms with E-state index in [4.69, 9.17) is 0 Å². The number of H-pyrrole nitrogens is 1. The molecule has 1 aromatic heterocycles. The van der Waals surface area contributed by atoms with Gasteiger partial charge in [0.2, 0.25) is 0 Å². The molecule has 1 heterocycles. The van der Waals surface area contributed by atoms with Crippen LogP contribution in [0.2, 0.25) is 0 Å². The van der Waals surface area contributed by atoms with Crippen molar-refractivity contribution in [3.8, 4) is 17.0 Å². The number of halogens is 4. The number of aromatic amines is 1. The summed E-state index contributed by atoms with van der Waals surface area (Å²) in [6, 6.07) is 15.7. The Bertz CT molecular complexity index is 960. The minimum atomic E-state index is -4.74. The van der Waals surface area contributed by atoms with Crippen LogP contribution < -0.4 is 15.4 Å². The van der Waals surface area contributed by atoms with E-state index >= 15 is 0 Å². The number of benzene rings is 2. The van der Waals surface area contributed by atoms with Crippen LogP contribution in [0.25, 0.3) is 11.3 Å². The fraction of sp³-hybridized carbons (Fsp3) is 0.200. The summed E-state index contributed by atoms with van der Waals surface area (Å²) in [5.41, 5.74) is 2.27. The van der Waals surface area contributed by atoms with Crippen molar-refractivity contribution >= 4 is 29.9 Å². The molecule has 0 atom stereocenters. The average molecular weight is 531 g/mol. The molecule has 30 heavy (non-hydrogen) atoms. The van der Waals surface area contributed by atoms with Gasteiger partial charge in [-0.1, -0.05) is 48.5 Å². The summed E-state index contributed by atoms with van der Waals surface area (Å²) in [4.78, 5) is 11.6. The monoisotopic (exact) mass is 531 g/mol. The Kier molecular flexibility index (Phi) is 8.51. The summed E-state index contributed by atoms with van der Waals surface area (Å²) in [7, 11) is 1.57. The number of aromatic nitrogens is 2. The molecule has 0 aliphatic rings. The maximum absolute atomic E-state index is 12.5. The van der Waals surface area contributed by atoms with Crippen molar-refractivity contribution in [1.82, 2.24) is 20.6 Å². The van der Waals surface area contributed by atoms with Crippen molar-refractivity contribution in [2.24, 2.45) is 4.99 Å². The van der Waals surface area contributed by atoms with Crippen LogP contribution in [0.3, 0.4) is 0 Å². The van der Waals surface area contributed by atoms with Gasteiger partial charge in [-0.25, -0.2) is 4.98 Å². The van der Waals surface area contributed by atoms with Crippen molar-refractivity contribution in [1.29, 1.82) is 0 Å². The molecule has 0 aliphatic carbocycles. The molecular formula is C20H21F3IN5O. The van der Waals surface area contributed by atoms with E-state index in [0.717, 1.165) is 11.3 Å². The second-order valence-corrected chi connectivity index (χ2v) is 6.04. The standard InChI is InChI=1S/C20H20F3N5O.HI/c1-24-19(26-11-15-9-5-6-10-17(15)29-20(21,22)23)27-13-18-25-12-16(28-18)14-7-3-2-4-8-14;/h2-10,12H,11,13H2,1H3,(H,25,28)(H2,24,26,27);1H. The quantitative estimate of drug-likeness (QED) is 0.250. The summed E-state index contributed by atoms with van der Waals surface area (Å²) < 4.78 is 41.6. The number of rotatable bonds is 6. The smallest absolute Gasteiger partial charge is 0.405 e. The average Bonchev–Trinajstić information content (AvgIpc) is 3.18. The number of guanidine groups is 1. The molecule has 0 bridgehead atoms. The summed E-state index contributed by atoms with van der Waals surface area (Å²) in [6.45, 7) is 0.479. The van der Waals surface area contributed by atoms with Crippen molar-refractivity contribution < 1.29 is 17.9 Å². The predicted octanol–water partition coefficient (Wildman–Crippen LogP) is 4.46. The number of nitrogens with one attached hydrogen (secondary N) is 3. The number of alkyl halides is 3. The fourth-order valence-corrected chi connectivity index (χ4v) is 2.66. The van der Waals surface area contributed by atoms with Gasteiger partial charge in [-0.15, -0.1) is 37.1 Å². The van der Waals surface area contributed by atoms with Crippen LogP contribution in [0.1, 0.15) is 11.4 Å². The van der Waals surface area contributed by atoms with Gasteiger partial charge >= 0.3 is 6.36 Å².